The zero-order valence-electron chi connectivity index (χ0n) is 17.4. The summed E-state index contributed by atoms with van der Waals surface area (Å²) in [6, 6.07) is 0. The van der Waals surface area contributed by atoms with E-state index in [1.165, 1.54) is 5.57 Å². The number of fused-ring (bicyclic) bond motifs is 7. The van der Waals surface area contributed by atoms with Gasteiger partial charge in [-0.25, -0.2) is 4.39 Å². The van der Waals surface area contributed by atoms with Crippen molar-refractivity contribution in [2.75, 3.05) is 20.2 Å². The molecule has 2 heterocycles. The Morgan fingerprint density at radius 2 is 1.86 bits per heavy atom. The van der Waals surface area contributed by atoms with Gasteiger partial charge in [0, 0.05) is 11.8 Å². The fourth-order valence-corrected chi connectivity index (χ4v) is 8.54. The molecule has 2 spiro atoms. The van der Waals surface area contributed by atoms with Crippen LogP contribution in [0.5, 0.6) is 0 Å². The van der Waals surface area contributed by atoms with Crippen LogP contribution >= 0.6 is 0 Å². The Kier molecular flexibility index (Phi) is 3.85. The molecule has 0 aromatic heterocycles. The smallest absolute Gasteiger partial charge is 0.229 e. The average molecular weight is 406 g/mol. The van der Waals surface area contributed by atoms with E-state index in [0.717, 1.165) is 32.1 Å². The molecule has 0 aromatic rings. The number of hydrogen-bond acceptors (Lipinski definition) is 5. The summed E-state index contributed by atoms with van der Waals surface area (Å²) in [7, 11) is 0. The standard InChI is InChI=1S/C23H31FO5/c1-20-7-5-15(25)9-14(20)3-4-16-17(20)6-8-21(2)18(16)10-19(24)23(21)22(28-13-29-23)11-26-12-27-22/h9,16-19H,3-8,10-13H2,1-2H3/t16-,17+,18+,19+,20+,21+,22-,23+/m1/s1. The summed E-state index contributed by atoms with van der Waals surface area (Å²) in [6.45, 7) is 4.99. The number of ketones is 1. The zero-order chi connectivity index (χ0) is 20.1. The Hall–Kier alpha value is -0.820. The molecular formula is C23H31FO5. The van der Waals surface area contributed by atoms with E-state index in [-0.39, 0.29) is 42.7 Å². The van der Waals surface area contributed by atoms with Gasteiger partial charge in [0.2, 0.25) is 5.79 Å². The summed E-state index contributed by atoms with van der Waals surface area (Å²) in [5.74, 6) is 0.344. The lowest BCUT2D eigenvalue weighted by atomic mass is 9.46. The summed E-state index contributed by atoms with van der Waals surface area (Å²) in [4.78, 5) is 12.0. The van der Waals surface area contributed by atoms with Crippen molar-refractivity contribution in [2.24, 2.45) is 28.6 Å². The third kappa shape index (κ3) is 2.07. The minimum atomic E-state index is -1.13. The van der Waals surface area contributed by atoms with E-state index in [1.807, 2.05) is 6.08 Å². The van der Waals surface area contributed by atoms with E-state index >= 15 is 4.39 Å². The Morgan fingerprint density at radius 3 is 2.66 bits per heavy atom. The number of carbonyl (C=O) groups is 1. The average Bonchev–Trinajstić information content (AvgIpc) is 3.38. The predicted molar refractivity (Wildman–Crippen MR) is 101 cm³/mol. The van der Waals surface area contributed by atoms with Crippen LogP contribution in [-0.4, -0.2) is 43.5 Å². The van der Waals surface area contributed by atoms with Crippen LogP contribution in [0.2, 0.25) is 0 Å². The van der Waals surface area contributed by atoms with Crippen LogP contribution < -0.4 is 0 Å². The minimum absolute atomic E-state index is 0.0624. The molecule has 2 saturated heterocycles. The first kappa shape index (κ1) is 18.9. The number of carbonyl (C=O) groups excluding carboxylic acids is 1. The van der Waals surface area contributed by atoms with Crippen LogP contribution in [0, 0.1) is 28.6 Å². The maximum atomic E-state index is 16.0. The lowest BCUT2D eigenvalue weighted by molar-refractivity contribution is -0.261. The Labute approximate surface area is 171 Å². The molecule has 5 fully saturated rings. The van der Waals surface area contributed by atoms with Crippen LogP contribution in [0.3, 0.4) is 0 Å². The highest BCUT2D eigenvalue weighted by Gasteiger charge is 2.79. The molecule has 160 valence electrons. The van der Waals surface area contributed by atoms with Crippen molar-refractivity contribution in [3.63, 3.8) is 0 Å². The molecule has 29 heavy (non-hydrogen) atoms. The number of hydrogen-bond donors (Lipinski definition) is 0. The van der Waals surface area contributed by atoms with Gasteiger partial charge in [-0.15, -0.1) is 0 Å². The molecule has 0 radical (unpaired) electrons. The molecule has 0 bridgehead atoms. The highest BCUT2D eigenvalue weighted by atomic mass is 19.1. The first-order valence-corrected chi connectivity index (χ1v) is 11.2. The molecule has 6 rings (SSSR count). The number of rotatable bonds is 0. The molecule has 3 saturated carbocycles. The summed E-state index contributed by atoms with van der Waals surface area (Å²) in [5, 5.41) is 0. The van der Waals surface area contributed by atoms with Crippen molar-refractivity contribution < 1.29 is 28.1 Å². The quantitative estimate of drug-likeness (QED) is 0.611. The highest BCUT2D eigenvalue weighted by molar-refractivity contribution is 5.91. The van der Waals surface area contributed by atoms with Gasteiger partial charge in [-0.1, -0.05) is 19.4 Å². The molecule has 4 aliphatic carbocycles. The third-order valence-electron chi connectivity index (χ3n) is 9.91. The van der Waals surface area contributed by atoms with E-state index in [9.17, 15) is 4.79 Å². The van der Waals surface area contributed by atoms with Crippen LogP contribution in [-0.2, 0) is 23.7 Å². The van der Waals surface area contributed by atoms with E-state index in [1.54, 1.807) is 0 Å². The van der Waals surface area contributed by atoms with E-state index < -0.39 is 17.6 Å². The van der Waals surface area contributed by atoms with E-state index in [4.69, 9.17) is 18.9 Å². The van der Waals surface area contributed by atoms with Gasteiger partial charge in [0.25, 0.3) is 0 Å². The van der Waals surface area contributed by atoms with Crippen LogP contribution in [0.4, 0.5) is 4.39 Å². The van der Waals surface area contributed by atoms with Crippen molar-refractivity contribution in [1.29, 1.82) is 0 Å². The molecule has 0 amide bonds. The molecular weight excluding hydrogens is 375 g/mol. The molecule has 8 atom stereocenters. The van der Waals surface area contributed by atoms with Crippen LogP contribution in [0.15, 0.2) is 11.6 Å². The molecule has 0 aromatic carbocycles. The maximum Gasteiger partial charge on any atom is 0.229 e. The second-order valence-electron chi connectivity index (χ2n) is 10.6. The summed E-state index contributed by atoms with van der Waals surface area (Å²) >= 11 is 0. The highest BCUT2D eigenvalue weighted by Crippen LogP contribution is 2.72. The second kappa shape index (κ2) is 5.90. The van der Waals surface area contributed by atoms with Gasteiger partial charge in [0.05, 0.1) is 0 Å². The first-order chi connectivity index (χ1) is 13.9. The van der Waals surface area contributed by atoms with Crippen LogP contribution in [0.25, 0.3) is 0 Å². The zero-order valence-corrected chi connectivity index (χ0v) is 17.4. The predicted octanol–water partition coefficient (Wildman–Crippen LogP) is 3.91. The normalized spacial score (nSPS) is 56.4. The minimum Gasteiger partial charge on any atom is -0.350 e. The molecule has 6 heteroatoms. The van der Waals surface area contributed by atoms with Crippen molar-refractivity contribution >= 4 is 5.78 Å². The number of halogens is 1. The fraction of sp³-hybridized carbons (Fsp3) is 0.870. The topological polar surface area (TPSA) is 54.0 Å². The van der Waals surface area contributed by atoms with Crippen molar-refractivity contribution in [1.82, 2.24) is 0 Å². The molecule has 0 unspecified atom stereocenters. The number of ether oxygens (including phenoxy) is 4. The van der Waals surface area contributed by atoms with Gasteiger partial charge in [0.15, 0.2) is 25.0 Å². The fourth-order valence-electron chi connectivity index (χ4n) is 8.54. The van der Waals surface area contributed by atoms with Gasteiger partial charge in [-0.3, -0.25) is 4.79 Å². The second-order valence-corrected chi connectivity index (χ2v) is 10.6. The summed E-state index contributed by atoms with van der Waals surface area (Å²) in [5.41, 5.74) is -0.0179. The lowest BCUT2D eigenvalue weighted by Crippen LogP contribution is -2.66. The van der Waals surface area contributed by atoms with Crippen molar-refractivity contribution in [3.05, 3.63) is 11.6 Å². The Morgan fingerprint density at radius 1 is 1.03 bits per heavy atom. The molecule has 5 nitrogen and oxygen atoms in total. The van der Waals surface area contributed by atoms with Gasteiger partial charge in [0.1, 0.15) is 12.8 Å². The lowest BCUT2D eigenvalue weighted by Gasteiger charge is -2.60. The number of allylic oxidation sites excluding steroid dienone is 1. The number of alkyl halides is 1. The summed E-state index contributed by atoms with van der Waals surface area (Å²) in [6.07, 6.45) is 6.81. The van der Waals surface area contributed by atoms with Crippen LogP contribution in [0.1, 0.15) is 58.8 Å². The molecule has 6 aliphatic rings. The van der Waals surface area contributed by atoms with Crippen molar-refractivity contribution in [2.45, 2.75) is 76.4 Å². The van der Waals surface area contributed by atoms with Gasteiger partial charge >= 0.3 is 0 Å². The third-order valence-corrected chi connectivity index (χ3v) is 9.91. The van der Waals surface area contributed by atoms with Crippen molar-refractivity contribution in [3.8, 4) is 0 Å². The Bertz CT molecular complexity index is 770. The van der Waals surface area contributed by atoms with Gasteiger partial charge in [-0.05, 0) is 67.8 Å². The Balaban J connectivity index is 1.40. The van der Waals surface area contributed by atoms with Gasteiger partial charge in [-0.2, -0.15) is 0 Å². The first-order valence-electron chi connectivity index (χ1n) is 11.2. The van der Waals surface area contributed by atoms with Gasteiger partial charge < -0.3 is 18.9 Å². The SMILES string of the molecule is C[C@]12CCC(=O)C=C1CC[C@@H]1[C@@H]2CC[C@@]2(C)[C@H]1C[C@H](F)[C@]21OCO[C@]12COCO2. The molecule has 2 aliphatic heterocycles. The monoisotopic (exact) mass is 406 g/mol. The maximum absolute atomic E-state index is 16.0. The van der Waals surface area contributed by atoms with E-state index in [0.29, 0.717) is 24.7 Å². The molecule has 0 N–H and O–H groups in total. The largest absolute Gasteiger partial charge is 0.350 e. The van der Waals surface area contributed by atoms with E-state index in [2.05, 4.69) is 13.8 Å². The summed E-state index contributed by atoms with van der Waals surface area (Å²) < 4.78 is 39.5.